The predicted octanol–water partition coefficient (Wildman–Crippen LogP) is 1.80. The zero-order valence-corrected chi connectivity index (χ0v) is 6.32. The summed E-state index contributed by atoms with van der Waals surface area (Å²) in [4.78, 5) is 0. The Morgan fingerprint density at radius 3 is 1.75 bits per heavy atom. The number of hydrogen-bond donors (Lipinski definition) is 2. The maximum absolute atomic E-state index is 12.7. The highest BCUT2D eigenvalue weighted by Crippen LogP contribution is 2.26. The maximum atomic E-state index is 12.7. The SMILES string of the molecule is Fc1cc2c(cc1F)NCCN2. The fourth-order valence-corrected chi connectivity index (χ4v) is 1.23. The van der Waals surface area contributed by atoms with Crippen LogP contribution in [-0.4, -0.2) is 13.1 Å². The second-order valence-corrected chi connectivity index (χ2v) is 2.67. The molecule has 0 saturated heterocycles. The second-order valence-electron chi connectivity index (χ2n) is 2.67. The van der Waals surface area contributed by atoms with Crippen molar-refractivity contribution in [2.45, 2.75) is 0 Å². The summed E-state index contributed by atoms with van der Waals surface area (Å²) in [5.74, 6) is -1.63. The van der Waals surface area contributed by atoms with Crippen molar-refractivity contribution < 1.29 is 8.78 Å². The predicted molar refractivity (Wildman–Crippen MR) is 43.3 cm³/mol. The smallest absolute Gasteiger partial charge is 0.161 e. The fraction of sp³-hybridized carbons (Fsp3) is 0.250. The first kappa shape index (κ1) is 7.34. The minimum absolute atomic E-state index is 0.625. The van der Waals surface area contributed by atoms with Gasteiger partial charge in [-0.3, -0.25) is 0 Å². The Morgan fingerprint density at radius 2 is 1.33 bits per heavy atom. The van der Waals surface area contributed by atoms with E-state index in [0.717, 1.165) is 25.2 Å². The van der Waals surface area contributed by atoms with Crippen molar-refractivity contribution in [3.8, 4) is 0 Å². The maximum Gasteiger partial charge on any atom is 0.161 e. The Morgan fingerprint density at radius 1 is 0.917 bits per heavy atom. The molecule has 1 aromatic carbocycles. The largest absolute Gasteiger partial charge is 0.382 e. The third-order valence-electron chi connectivity index (χ3n) is 1.82. The van der Waals surface area contributed by atoms with Gasteiger partial charge in [-0.2, -0.15) is 0 Å². The van der Waals surface area contributed by atoms with Crippen molar-refractivity contribution in [3.63, 3.8) is 0 Å². The molecule has 2 rings (SSSR count). The Bertz CT molecular complexity index is 281. The average Bonchev–Trinajstić information content (AvgIpc) is 2.07. The van der Waals surface area contributed by atoms with Crippen molar-refractivity contribution in [2.75, 3.05) is 23.7 Å². The van der Waals surface area contributed by atoms with Crippen LogP contribution in [0.4, 0.5) is 20.2 Å². The van der Waals surface area contributed by atoms with Crippen molar-refractivity contribution >= 4 is 11.4 Å². The number of fused-ring (bicyclic) bond motifs is 1. The zero-order valence-electron chi connectivity index (χ0n) is 6.32. The van der Waals surface area contributed by atoms with Crippen LogP contribution in [0, 0.1) is 11.6 Å². The first-order valence-corrected chi connectivity index (χ1v) is 3.74. The molecule has 0 fully saturated rings. The molecule has 4 heteroatoms. The second kappa shape index (κ2) is 2.62. The van der Waals surface area contributed by atoms with Gasteiger partial charge in [0, 0.05) is 25.2 Å². The Kier molecular flexibility index (Phi) is 1.60. The summed E-state index contributed by atoms with van der Waals surface area (Å²) in [7, 11) is 0. The van der Waals surface area contributed by atoms with Gasteiger partial charge in [0.1, 0.15) is 0 Å². The van der Waals surface area contributed by atoms with Crippen LogP contribution in [0.5, 0.6) is 0 Å². The van der Waals surface area contributed by atoms with Crippen LogP contribution >= 0.6 is 0 Å². The minimum atomic E-state index is -0.815. The monoisotopic (exact) mass is 170 g/mol. The summed E-state index contributed by atoms with van der Waals surface area (Å²) in [5, 5.41) is 5.92. The topological polar surface area (TPSA) is 24.1 Å². The van der Waals surface area contributed by atoms with Gasteiger partial charge in [0.2, 0.25) is 0 Å². The molecule has 0 saturated carbocycles. The van der Waals surface area contributed by atoms with Crippen LogP contribution in [0.1, 0.15) is 0 Å². The normalized spacial score (nSPS) is 14.5. The summed E-state index contributed by atoms with van der Waals surface area (Å²) >= 11 is 0. The van der Waals surface area contributed by atoms with Crippen LogP contribution in [0.2, 0.25) is 0 Å². The van der Waals surface area contributed by atoms with Crippen LogP contribution in [0.3, 0.4) is 0 Å². The summed E-state index contributed by atoms with van der Waals surface area (Å²) in [6, 6.07) is 2.33. The molecule has 1 aromatic rings. The van der Waals surface area contributed by atoms with Crippen molar-refractivity contribution in [3.05, 3.63) is 23.8 Å². The molecule has 0 aliphatic carbocycles. The number of rotatable bonds is 0. The molecule has 64 valence electrons. The van der Waals surface area contributed by atoms with Crippen molar-refractivity contribution in [2.24, 2.45) is 0 Å². The third kappa shape index (κ3) is 1.09. The quantitative estimate of drug-likeness (QED) is 0.620. The molecule has 0 atom stereocenters. The molecule has 0 amide bonds. The highest BCUT2D eigenvalue weighted by molar-refractivity contribution is 5.70. The van der Waals surface area contributed by atoms with Crippen LogP contribution in [-0.2, 0) is 0 Å². The Labute approximate surface area is 68.6 Å². The van der Waals surface area contributed by atoms with E-state index in [1.807, 2.05) is 0 Å². The van der Waals surface area contributed by atoms with E-state index in [4.69, 9.17) is 0 Å². The fourth-order valence-electron chi connectivity index (χ4n) is 1.23. The lowest BCUT2D eigenvalue weighted by molar-refractivity contribution is 0.509. The third-order valence-corrected chi connectivity index (χ3v) is 1.82. The number of benzene rings is 1. The average molecular weight is 170 g/mol. The highest BCUT2D eigenvalue weighted by atomic mass is 19.2. The summed E-state index contributed by atoms with van der Waals surface area (Å²) < 4.78 is 25.3. The van der Waals surface area contributed by atoms with Crippen LogP contribution in [0.25, 0.3) is 0 Å². The molecule has 0 bridgehead atoms. The lowest BCUT2D eigenvalue weighted by atomic mass is 10.2. The van der Waals surface area contributed by atoms with Gasteiger partial charge < -0.3 is 10.6 Å². The standard InChI is InChI=1S/C8H8F2N2/c9-5-3-7-8(4-6(5)10)12-2-1-11-7/h3-4,11-12H,1-2H2. The molecule has 2 N–H and O–H groups in total. The van der Waals surface area contributed by atoms with Crippen molar-refractivity contribution in [1.29, 1.82) is 0 Å². The number of hydrogen-bond acceptors (Lipinski definition) is 2. The van der Waals surface area contributed by atoms with Crippen LogP contribution in [0.15, 0.2) is 12.1 Å². The summed E-state index contributed by atoms with van der Waals surface area (Å²) in [6.45, 7) is 1.47. The van der Waals surface area contributed by atoms with E-state index < -0.39 is 11.6 Å². The van der Waals surface area contributed by atoms with Gasteiger partial charge >= 0.3 is 0 Å². The first-order valence-electron chi connectivity index (χ1n) is 3.74. The number of nitrogens with one attached hydrogen (secondary N) is 2. The molecule has 1 aliphatic heterocycles. The van der Waals surface area contributed by atoms with E-state index >= 15 is 0 Å². The number of halogens is 2. The van der Waals surface area contributed by atoms with Crippen molar-refractivity contribution in [1.82, 2.24) is 0 Å². The molecule has 12 heavy (non-hydrogen) atoms. The van der Waals surface area contributed by atoms with E-state index in [1.54, 1.807) is 0 Å². The van der Waals surface area contributed by atoms with Gasteiger partial charge in [-0.1, -0.05) is 0 Å². The lowest BCUT2D eigenvalue weighted by Gasteiger charge is -2.19. The summed E-state index contributed by atoms with van der Waals surface area (Å²) in [6.07, 6.45) is 0. The van der Waals surface area contributed by atoms with E-state index in [-0.39, 0.29) is 0 Å². The van der Waals surface area contributed by atoms with Gasteiger partial charge in [0.25, 0.3) is 0 Å². The van der Waals surface area contributed by atoms with E-state index in [0.29, 0.717) is 11.4 Å². The molecule has 0 spiro atoms. The molecule has 0 unspecified atom stereocenters. The van der Waals surface area contributed by atoms with Gasteiger partial charge in [-0.05, 0) is 0 Å². The number of anilines is 2. The Hall–Kier alpha value is -1.32. The molecule has 2 nitrogen and oxygen atoms in total. The van der Waals surface area contributed by atoms with Gasteiger partial charge in [-0.15, -0.1) is 0 Å². The molecule has 0 radical (unpaired) electrons. The molecule has 1 heterocycles. The zero-order chi connectivity index (χ0) is 8.55. The van der Waals surface area contributed by atoms with E-state index in [2.05, 4.69) is 10.6 Å². The van der Waals surface area contributed by atoms with Gasteiger partial charge in [0.05, 0.1) is 11.4 Å². The molecule has 1 aliphatic rings. The Balaban J connectivity index is 2.49. The summed E-state index contributed by atoms with van der Waals surface area (Å²) in [5.41, 5.74) is 1.25. The first-order chi connectivity index (χ1) is 5.77. The van der Waals surface area contributed by atoms with E-state index in [9.17, 15) is 8.78 Å². The highest BCUT2D eigenvalue weighted by Gasteiger charge is 2.11. The van der Waals surface area contributed by atoms with Gasteiger partial charge in [-0.25, -0.2) is 8.78 Å². The molecule has 0 aromatic heterocycles. The lowest BCUT2D eigenvalue weighted by Crippen LogP contribution is -2.20. The molecular formula is C8H8F2N2. The molecular weight excluding hydrogens is 162 g/mol. The van der Waals surface area contributed by atoms with E-state index in [1.165, 1.54) is 0 Å². The van der Waals surface area contributed by atoms with Crippen LogP contribution < -0.4 is 10.6 Å². The van der Waals surface area contributed by atoms with Gasteiger partial charge in [0.15, 0.2) is 11.6 Å². The minimum Gasteiger partial charge on any atom is -0.382 e.